The molecule has 4 heteroatoms. The van der Waals surface area contributed by atoms with E-state index in [1.165, 1.54) is 22.3 Å². The predicted octanol–water partition coefficient (Wildman–Crippen LogP) is 14.6. The van der Waals surface area contributed by atoms with Crippen LogP contribution in [0.5, 0.6) is 0 Å². The highest BCUT2D eigenvalue weighted by molar-refractivity contribution is 6.13. The summed E-state index contributed by atoms with van der Waals surface area (Å²) in [7, 11) is 0. The van der Waals surface area contributed by atoms with E-state index in [1.54, 1.807) is 0 Å². The van der Waals surface area contributed by atoms with Crippen LogP contribution >= 0.6 is 0 Å². The number of nitrogens with zero attached hydrogens (tertiary/aromatic N) is 3. The maximum absolute atomic E-state index is 6.60. The molecule has 0 spiro atoms. The van der Waals surface area contributed by atoms with Crippen molar-refractivity contribution >= 4 is 32.7 Å². The molecule has 9 aromatic carbocycles. The highest BCUT2D eigenvalue weighted by Crippen LogP contribution is 2.39. The Morgan fingerprint density at radius 2 is 0.780 bits per heavy atom. The number of aromatic nitrogens is 3. The molecule has 0 amide bonds. The summed E-state index contributed by atoms with van der Waals surface area (Å²) in [4.78, 5) is 15.3. The molecule has 0 aliphatic heterocycles. The van der Waals surface area contributed by atoms with Gasteiger partial charge in [0.15, 0.2) is 17.5 Å². The largest absolute Gasteiger partial charge is 0.456 e. The van der Waals surface area contributed by atoms with Crippen LogP contribution in [0.2, 0.25) is 0 Å². The van der Waals surface area contributed by atoms with E-state index in [0.29, 0.717) is 17.5 Å². The summed E-state index contributed by atoms with van der Waals surface area (Å²) in [5.41, 5.74) is 13.7. The zero-order chi connectivity index (χ0) is 39.1. The van der Waals surface area contributed by atoms with Gasteiger partial charge in [-0.05, 0) is 85.6 Å². The van der Waals surface area contributed by atoms with Crippen LogP contribution in [-0.4, -0.2) is 15.0 Å². The van der Waals surface area contributed by atoms with Crippen LogP contribution in [0.25, 0.3) is 111 Å². The van der Waals surface area contributed by atoms with E-state index < -0.39 is 0 Å². The zero-order valence-electron chi connectivity index (χ0n) is 32.0. The molecule has 0 saturated carbocycles. The molecule has 0 radical (unpaired) electrons. The van der Waals surface area contributed by atoms with E-state index in [1.807, 2.05) is 42.5 Å². The van der Waals surface area contributed by atoms with Crippen molar-refractivity contribution in [3.63, 3.8) is 0 Å². The first kappa shape index (κ1) is 34.3. The Labute approximate surface area is 341 Å². The molecule has 2 aromatic heterocycles. The number of benzene rings is 9. The smallest absolute Gasteiger partial charge is 0.164 e. The molecule has 0 atom stereocenters. The fraction of sp³-hybridized carbons (Fsp3) is 0. The van der Waals surface area contributed by atoms with Crippen molar-refractivity contribution in [2.75, 3.05) is 0 Å². The average molecular weight is 754 g/mol. The van der Waals surface area contributed by atoms with E-state index in [4.69, 9.17) is 19.4 Å². The van der Waals surface area contributed by atoms with Crippen LogP contribution in [0.4, 0.5) is 0 Å². The minimum absolute atomic E-state index is 0.583. The summed E-state index contributed by atoms with van der Waals surface area (Å²) in [5, 5.41) is 4.33. The van der Waals surface area contributed by atoms with Crippen molar-refractivity contribution in [1.82, 2.24) is 15.0 Å². The lowest BCUT2D eigenvalue weighted by atomic mass is 9.95. The highest BCUT2D eigenvalue weighted by Gasteiger charge is 2.18. The van der Waals surface area contributed by atoms with Gasteiger partial charge >= 0.3 is 0 Å². The van der Waals surface area contributed by atoms with Gasteiger partial charge in [-0.15, -0.1) is 0 Å². The first-order chi connectivity index (χ1) is 29.2. The van der Waals surface area contributed by atoms with Gasteiger partial charge in [-0.1, -0.05) is 182 Å². The topological polar surface area (TPSA) is 51.8 Å². The highest BCUT2D eigenvalue weighted by atomic mass is 16.3. The van der Waals surface area contributed by atoms with Crippen LogP contribution in [0.1, 0.15) is 0 Å². The predicted molar refractivity (Wildman–Crippen MR) is 243 cm³/mol. The Kier molecular flexibility index (Phi) is 8.45. The van der Waals surface area contributed by atoms with Gasteiger partial charge in [-0.25, -0.2) is 15.0 Å². The number of fused-ring (bicyclic) bond motifs is 4. The standard InChI is InChI=1S/C55H35N3O/c1-4-13-36(14-5-1)42-20-10-21-43(33-42)38-25-27-40(28-26-38)46-22-12-24-50-52(46)48-32-31-45(35-51(48)59-50)54-56-53(41-17-8-3-9-18-41)57-55(58-54)47-23-11-19-39-29-30-44(34-49(39)47)37-15-6-2-7-16-37/h1-35H. The van der Waals surface area contributed by atoms with Gasteiger partial charge in [0.05, 0.1) is 0 Å². The first-order valence-corrected chi connectivity index (χ1v) is 19.8. The lowest BCUT2D eigenvalue weighted by Gasteiger charge is -2.11. The molecule has 0 saturated heterocycles. The number of hydrogen-bond donors (Lipinski definition) is 0. The van der Waals surface area contributed by atoms with Gasteiger partial charge in [-0.2, -0.15) is 0 Å². The van der Waals surface area contributed by atoms with E-state index in [0.717, 1.165) is 71.7 Å². The molecule has 4 nitrogen and oxygen atoms in total. The quantitative estimate of drug-likeness (QED) is 0.163. The number of hydrogen-bond acceptors (Lipinski definition) is 4. The van der Waals surface area contributed by atoms with Crippen molar-refractivity contribution in [3.8, 4) is 78.7 Å². The first-order valence-electron chi connectivity index (χ1n) is 19.8. The monoisotopic (exact) mass is 753 g/mol. The van der Waals surface area contributed by atoms with Gasteiger partial charge in [0.2, 0.25) is 0 Å². The molecule has 0 aliphatic rings. The van der Waals surface area contributed by atoms with Gasteiger partial charge in [0.1, 0.15) is 11.2 Å². The zero-order valence-corrected chi connectivity index (χ0v) is 32.0. The summed E-state index contributed by atoms with van der Waals surface area (Å²) in [6, 6.07) is 74.1. The molecule has 0 aliphatic carbocycles. The molecule has 0 fully saturated rings. The fourth-order valence-corrected chi connectivity index (χ4v) is 8.18. The third kappa shape index (κ3) is 6.43. The molecular formula is C55H35N3O. The maximum atomic E-state index is 6.60. The van der Waals surface area contributed by atoms with E-state index in [-0.39, 0.29) is 0 Å². The van der Waals surface area contributed by atoms with Gasteiger partial charge in [0, 0.05) is 27.5 Å². The molecule has 2 heterocycles. The van der Waals surface area contributed by atoms with Crippen molar-refractivity contribution in [1.29, 1.82) is 0 Å². The van der Waals surface area contributed by atoms with Crippen LogP contribution in [-0.2, 0) is 0 Å². The number of furan rings is 1. The normalized spacial score (nSPS) is 11.4. The minimum Gasteiger partial charge on any atom is -0.456 e. The molecular weight excluding hydrogens is 719 g/mol. The van der Waals surface area contributed by atoms with Crippen molar-refractivity contribution in [2.24, 2.45) is 0 Å². The lowest BCUT2D eigenvalue weighted by molar-refractivity contribution is 0.669. The summed E-state index contributed by atoms with van der Waals surface area (Å²) in [5.74, 6) is 1.82. The third-order valence-corrected chi connectivity index (χ3v) is 11.2. The Morgan fingerprint density at radius 1 is 0.271 bits per heavy atom. The fourth-order valence-electron chi connectivity index (χ4n) is 8.18. The summed E-state index contributed by atoms with van der Waals surface area (Å²) >= 11 is 0. The molecule has 0 N–H and O–H groups in total. The van der Waals surface area contributed by atoms with Crippen LogP contribution in [0.15, 0.2) is 217 Å². The molecule has 0 unspecified atom stereocenters. The molecule has 0 bridgehead atoms. The lowest BCUT2D eigenvalue weighted by Crippen LogP contribution is -2.00. The van der Waals surface area contributed by atoms with E-state index in [2.05, 4.69) is 170 Å². The third-order valence-electron chi connectivity index (χ3n) is 11.2. The van der Waals surface area contributed by atoms with Crippen LogP contribution in [0.3, 0.4) is 0 Å². The maximum Gasteiger partial charge on any atom is 0.164 e. The molecule has 11 aromatic rings. The second-order valence-electron chi connectivity index (χ2n) is 14.8. The Morgan fingerprint density at radius 3 is 1.49 bits per heavy atom. The van der Waals surface area contributed by atoms with Gasteiger partial charge in [0.25, 0.3) is 0 Å². The summed E-state index contributed by atoms with van der Waals surface area (Å²) in [6.07, 6.45) is 0. The minimum atomic E-state index is 0.583. The van der Waals surface area contributed by atoms with Crippen LogP contribution in [0, 0.1) is 0 Å². The van der Waals surface area contributed by atoms with Crippen molar-refractivity contribution < 1.29 is 4.42 Å². The summed E-state index contributed by atoms with van der Waals surface area (Å²) < 4.78 is 6.60. The Hall–Kier alpha value is -7.95. The average Bonchev–Trinajstić information content (AvgIpc) is 3.70. The van der Waals surface area contributed by atoms with E-state index >= 15 is 0 Å². The molecule has 59 heavy (non-hydrogen) atoms. The number of rotatable bonds is 7. The van der Waals surface area contributed by atoms with Gasteiger partial charge < -0.3 is 4.42 Å². The van der Waals surface area contributed by atoms with Crippen LogP contribution < -0.4 is 0 Å². The van der Waals surface area contributed by atoms with Crippen molar-refractivity contribution in [3.05, 3.63) is 212 Å². The molecule has 11 rings (SSSR count). The van der Waals surface area contributed by atoms with Crippen molar-refractivity contribution in [2.45, 2.75) is 0 Å². The second kappa shape index (κ2) is 14.5. The second-order valence-corrected chi connectivity index (χ2v) is 14.8. The SMILES string of the molecule is c1ccc(-c2cccc(-c3ccc(-c4cccc5oc6cc(-c7nc(-c8ccccc8)nc(-c8cccc9ccc(-c%10ccccc%10)cc89)n7)ccc6c45)cc3)c2)cc1. The van der Waals surface area contributed by atoms with E-state index in [9.17, 15) is 0 Å². The van der Waals surface area contributed by atoms with Gasteiger partial charge in [-0.3, -0.25) is 0 Å². The molecule has 276 valence electrons. The Balaban J connectivity index is 0.993. The summed E-state index contributed by atoms with van der Waals surface area (Å²) in [6.45, 7) is 0. The Bertz CT molecular complexity index is 3300.